The van der Waals surface area contributed by atoms with Gasteiger partial charge in [0.15, 0.2) is 5.79 Å². The van der Waals surface area contributed by atoms with E-state index in [0.717, 1.165) is 6.42 Å². The molecule has 0 aromatic rings. The van der Waals surface area contributed by atoms with Gasteiger partial charge in [0.2, 0.25) is 0 Å². The summed E-state index contributed by atoms with van der Waals surface area (Å²) in [5, 5.41) is 0. The molecule has 19 heavy (non-hydrogen) atoms. The highest BCUT2D eigenvalue weighted by Crippen LogP contribution is 2.62. The number of cyclic esters (lactones) is 1. The molecule has 4 aliphatic rings. The summed E-state index contributed by atoms with van der Waals surface area (Å²) in [6.45, 7) is 9.62. The Morgan fingerprint density at radius 3 is 2.74 bits per heavy atom. The number of hydrogen-bond acceptors (Lipinski definition) is 5. The van der Waals surface area contributed by atoms with Crippen LogP contribution >= 0.6 is 0 Å². The van der Waals surface area contributed by atoms with Crippen LogP contribution in [0.4, 0.5) is 0 Å². The van der Waals surface area contributed by atoms with E-state index in [1.807, 2.05) is 20.8 Å². The van der Waals surface area contributed by atoms with E-state index < -0.39 is 17.3 Å². The standard InChI is InChI=1S/C14H18O5/c1-6-8-5-9-11(19-13(3,4)18-9)14(6)10(17-8)7(2)16-12(14)15/h6,8-11H,2,5H2,1,3-4H3/t6-,8+,9?,10-,11+,14-/m1/s1. The van der Waals surface area contributed by atoms with Crippen LogP contribution in [0.15, 0.2) is 12.3 Å². The van der Waals surface area contributed by atoms with Gasteiger partial charge in [-0.25, -0.2) is 0 Å². The Morgan fingerprint density at radius 1 is 1.26 bits per heavy atom. The molecule has 5 nitrogen and oxygen atoms in total. The molecule has 1 aliphatic carbocycles. The van der Waals surface area contributed by atoms with Crippen LogP contribution in [0.1, 0.15) is 27.2 Å². The molecular weight excluding hydrogens is 248 g/mol. The lowest BCUT2D eigenvalue weighted by Crippen LogP contribution is -2.56. The molecule has 3 aliphatic heterocycles. The number of carbonyl (C=O) groups excluding carboxylic acids is 1. The minimum absolute atomic E-state index is 0.00773. The van der Waals surface area contributed by atoms with Gasteiger partial charge < -0.3 is 18.9 Å². The molecule has 2 bridgehead atoms. The first-order valence-electron chi connectivity index (χ1n) is 6.78. The quantitative estimate of drug-likeness (QED) is 0.620. The molecule has 104 valence electrons. The van der Waals surface area contributed by atoms with Crippen molar-refractivity contribution in [3.63, 3.8) is 0 Å². The number of fused-ring (bicyclic) bond motifs is 2. The third-order valence-corrected chi connectivity index (χ3v) is 5.04. The molecule has 4 fully saturated rings. The van der Waals surface area contributed by atoms with Crippen molar-refractivity contribution in [1.29, 1.82) is 0 Å². The van der Waals surface area contributed by atoms with Crippen LogP contribution in [0, 0.1) is 11.3 Å². The highest BCUT2D eigenvalue weighted by molar-refractivity contribution is 5.84. The number of esters is 1. The van der Waals surface area contributed by atoms with E-state index in [4.69, 9.17) is 18.9 Å². The predicted octanol–water partition coefficient (Wildman–Crippen LogP) is 1.37. The lowest BCUT2D eigenvalue weighted by molar-refractivity contribution is -0.172. The van der Waals surface area contributed by atoms with Crippen LogP contribution < -0.4 is 0 Å². The van der Waals surface area contributed by atoms with Crippen LogP contribution in [-0.2, 0) is 23.7 Å². The fraction of sp³-hybridized carbons (Fsp3) is 0.786. The first-order valence-corrected chi connectivity index (χ1v) is 6.78. The van der Waals surface area contributed by atoms with Crippen molar-refractivity contribution in [3.05, 3.63) is 12.3 Å². The van der Waals surface area contributed by atoms with Crippen molar-refractivity contribution in [1.82, 2.24) is 0 Å². The van der Waals surface area contributed by atoms with E-state index in [2.05, 4.69) is 6.58 Å². The second-order valence-corrected chi connectivity index (χ2v) is 6.46. The molecule has 1 spiro atoms. The smallest absolute Gasteiger partial charge is 0.323 e. The zero-order valence-corrected chi connectivity index (χ0v) is 11.3. The van der Waals surface area contributed by atoms with Crippen molar-refractivity contribution in [2.45, 2.75) is 57.4 Å². The van der Waals surface area contributed by atoms with E-state index in [0.29, 0.717) is 5.76 Å². The van der Waals surface area contributed by atoms with Crippen LogP contribution in [0.25, 0.3) is 0 Å². The van der Waals surface area contributed by atoms with Gasteiger partial charge in [0.1, 0.15) is 23.4 Å². The Hall–Kier alpha value is -0.910. The number of ether oxygens (including phenoxy) is 4. The third-order valence-electron chi connectivity index (χ3n) is 5.04. The van der Waals surface area contributed by atoms with E-state index >= 15 is 0 Å². The highest BCUT2D eigenvalue weighted by atomic mass is 16.8. The fourth-order valence-electron chi connectivity index (χ4n) is 4.27. The molecule has 3 saturated heterocycles. The zero-order valence-electron chi connectivity index (χ0n) is 11.3. The third kappa shape index (κ3) is 1.19. The number of carbonyl (C=O) groups is 1. The molecular formula is C14H18O5. The molecule has 0 amide bonds. The molecule has 0 radical (unpaired) electrons. The van der Waals surface area contributed by atoms with Gasteiger partial charge in [-0.3, -0.25) is 4.79 Å². The maximum Gasteiger partial charge on any atom is 0.323 e. The second kappa shape index (κ2) is 3.22. The van der Waals surface area contributed by atoms with Crippen molar-refractivity contribution in [2.75, 3.05) is 0 Å². The Kier molecular flexibility index (Phi) is 2.01. The summed E-state index contributed by atoms with van der Waals surface area (Å²) >= 11 is 0. The van der Waals surface area contributed by atoms with Gasteiger partial charge in [0.25, 0.3) is 0 Å². The lowest BCUT2D eigenvalue weighted by Gasteiger charge is -2.39. The maximum absolute atomic E-state index is 12.5. The number of hydrogen-bond donors (Lipinski definition) is 0. The normalized spacial score (nSPS) is 53.9. The summed E-state index contributed by atoms with van der Waals surface area (Å²) in [5.41, 5.74) is -0.779. The van der Waals surface area contributed by atoms with Crippen LogP contribution in [0.3, 0.4) is 0 Å². The van der Waals surface area contributed by atoms with Crippen LogP contribution in [-0.4, -0.2) is 36.2 Å². The summed E-state index contributed by atoms with van der Waals surface area (Å²) in [5.74, 6) is -0.465. The second-order valence-electron chi connectivity index (χ2n) is 6.46. The molecule has 5 heteroatoms. The Balaban J connectivity index is 1.86. The minimum atomic E-state index is -0.779. The average molecular weight is 266 g/mol. The lowest BCUT2D eigenvalue weighted by atomic mass is 9.63. The summed E-state index contributed by atoms with van der Waals surface area (Å²) in [7, 11) is 0. The van der Waals surface area contributed by atoms with E-state index in [-0.39, 0.29) is 30.2 Å². The SMILES string of the molecule is C=C1OC(=O)[C@]23[C@@H]1O[C@@H](CC1OC(C)(C)O[C@@H]12)[C@H]3C. The van der Waals surface area contributed by atoms with Gasteiger partial charge in [-0.15, -0.1) is 0 Å². The molecule has 0 N–H and O–H groups in total. The Bertz CT molecular complexity index is 484. The highest BCUT2D eigenvalue weighted by Gasteiger charge is 2.75. The van der Waals surface area contributed by atoms with Gasteiger partial charge in [-0.05, 0) is 13.8 Å². The summed E-state index contributed by atoms with van der Waals surface area (Å²) in [4.78, 5) is 12.5. The van der Waals surface area contributed by atoms with Gasteiger partial charge in [0, 0.05) is 12.3 Å². The molecule has 4 rings (SSSR count). The topological polar surface area (TPSA) is 54.0 Å². The fourth-order valence-corrected chi connectivity index (χ4v) is 4.27. The van der Waals surface area contributed by atoms with Gasteiger partial charge in [-0.1, -0.05) is 13.5 Å². The van der Waals surface area contributed by atoms with Crippen LogP contribution in [0.2, 0.25) is 0 Å². The summed E-state index contributed by atoms with van der Waals surface area (Å²) in [6, 6.07) is 0. The van der Waals surface area contributed by atoms with E-state index in [9.17, 15) is 4.79 Å². The number of rotatable bonds is 0. The predicted molar refractivity (Wildman–Crippen MR) is 63.9 cm³/mol. The molecule has 3 heterocycles. The van der Waals surface area contributed by atoms with Crippen molar-refractivity contribution in [3.8, 4) is 0 Å². The first-order chi connectivity index (χ1) is 8.86. The molecule has 1 saturated carbocycles. The molecule has 0 aromatic heterocycles. The van der Waals surface area contributed by atoms with Gasteiger partial charge >= 0.3 is 5.97 Å². The Labute approximate surface area is 111 Å². The minimum Gasteiger partial charge on any atom is -0.428 e. The largest absolute Gasteiger partial charge is 0.428 e. The van der Waals surface area contributed by atoms with Crippen molar-refractivity contribution < 1.29 is 23.7 Å². The molecule has 1 unspecified atom stereocenters. The van der Waals surface area contributed by atoms with Crippen molar-refractivity contribution in [2.24, 2.45) is 11.3 Å². The van der Waals surface area contributed by atoms with E-state index in [1.165, 1.54) is 0 Å². The van der Waals surface area contributed by atoms with E-state index in [1.54, 1.807) is 0 Å². The monoisotopic (exact) mass is 266 g/mol. The summed E-state index contributed by atoms with van der Waals surface area (Å²) < 4.78 is 23.2. The summed E-state index contributed by atoms with van der Waals surface area (Å²) in [6.07, 6.45) is -0.0536. The van der Waals surface area contributed by atoms with Gasteiger partial charge in [0.05, 0.1) is 12.2 Å². The molecule has 0 aromatic carbocycles. The zero-order chi connectivity index (χ0) is 13.6. The van der Waals surface area contributed by atoms with Crippen LogP contribution in [0.5, 0.6) is 0 Å². The van der Waals surface area contributed by atoms with Crippen molar-refractivity contribution >= 4 is 5.97 Å². The van der Waals surface area contributed by atoms with Gasteiger partial charge in [-0.2, -0.15) is 0 Å². The molecule has 6 atom stereocenters. The first kappa shape index (κ1) is 11.9. The maximum atomic E-state index is 12.5. The Morgan fingerprint density at radius 2 is 2.00 bits per heavy atom. The average Bonchev–Trinajstić information content (AvgIpc) is 2.80.